The fraction of sp³-hybridized carbons (Fsp3) is 0.143. The van der Waals surface area contributed by atoms with E-state index in [1.165, 1.54) is 0 Å². The summed E-state index contributed by atoms with van der Waals surface area (Å²) in [5.74, 6) is -2.00. The Labute approximate surface area is 93.3 Å². The lowest BCUT2D eigenvalue weighted by molar-refractivity contribution is 0.577. The number of hydrogen-bond acceptors (Lipinski definition) is 0. The molecule has 1 rings (SSSR count). The van der Waals surface area contributed by atoms with Crippen LogP contribution < -0.4 is 0 Å². The van der Waals surface area contributed by atoms with E-state index in [1.54, 1.807) is 0 Å². The average molecular weight is 266 g/mol. The molecule has 72 valence electrons. The molecule has 6 heteroatoms. The summed E-state index contributed by atoms with van der Waals surface area (Å²) in [6, 6.07) is 1.00. The fourth-order valence-electron chi connectivity index (χ4n) is 0.750. The van der Waals surface area contributed by atoms with E-state index in [1.807, 2.05) is 0 Å². The third kappa shape index (κ3) is 2.18. The molecule has 1 aromatic carbocycles. The van der Waals surface area contributed by atoms with Crippen LogP contribution in [0.4, 0.5) is 8.78 Å². The van der Waals surface area contributed by atoms with Gasteiger partial charge < -0.3 is 0 Å². The lowest BCUT2D eigenvalue weighted by Crippen LogP contribution is -1.94. The van der Waals surface area contributed by atoms with Gasteiger partial charge in [-0.05, 0) is 6.07 Å². The van der Waals surface area contributed by atoms with E-state index in [0.29, 0.717) is 0 Å². The molecule has 0 saturated heterocycles. The second-order valence-corrected chi connectivity index (χ2v) is 4.07. The Morgan fingerprint density at radius 2 is 1.62 bits per heavy atom. The van der Waals surface area contributed by atoms with Gasteiger partial charge in [0.05, 0.1) is 5.02 Å². The maximum atomic E-state index is 13.1. The first-order chi connectivity index (χ1) is 5.95. The first-order valence-corrected chi connectivity index (χ1v) is 4.69. The van der Waals surface area contributed by atoms with Crippen molar-refractivity contribution < 1.29 is 8.78 Å². The molecule has 0 unspecified atom stereocenters. The highest BCUT2D eigenvalue weighted by molar-refractivity contribution is 6.44. The minimum absolute atomic E-state index is 0.139. The van der Waals surface area contributed by atoms with Gasteiger partial charge in [0.15, 0.2) is 11.6 Å². The number of halogens is 6. The van der Waals surface area contributed by atoms with Crippen LogP contribution in [-0.2, 0) is 0 Å². The number of hydrogen-bond donors (Lipinski definition) is 0. The molecule has 0 fully saturated rings. The van der Waals surface area contributed by atoms with Crippen LogP contribution in [0.25, 0.3) is 0 Å². The molecule has 0 radical (unpaired) electrons. The highest BCUT2D eigenvalue weighted by atomic mass is 35.5. The van der Waals surface area contributed by atoms with Crippen molar-refractivity contribution in [2.75, 3.05) is 0 Å². The first kappa shape index (κ1) is 11.3. The summed E-state index contributed by atoms with van der Waals surface area (Å²) in [7, 11) is 0. The molecule has 0 aliphatic carbocycles. The Morgan fingerprint density at radius 3 is 2.08 bits per heavy atom. The van der Waals surface area contributed by atoms with Crippen molar-refractivity contribution >= 4 is 46.4 Å². The minimum atomic E-state index is -1.13. The molecule has 0 N–H and O–H groups in total. The van der Waals surface area contributed by atoms with E-state index in [9.17, 15) is 8.78 Å². The molecule has 1 aromatic rings. The third-order valence-corrected chi connectivity index (χ3v) is 2.44. The van der Waals surface area contributed by atoms with Crippen molar-refractivity contribution in [2.24, 2.45) is 0 Å². The monoisotopic (exact) mass is 264 g/mol. The van der Waals surface area contributed by atoms with Crippen LogP contribution in [0.3, 0.4) is 0 Å². The van der Waals surface area contributed by atoms with E-state index in [-0.39, 0.29) is 10.6 Å². The predicted molar refractivity (Wildman–Crippen MR) is 50.8 cm³/mol. The summed E-state index contributed by atoms with van der Waals surface area (Å²) in [5.41, 5.74) is -0.139. The van der Waals surface area contributed by atoms with Crippen LogP contribution in [0.2, 0.25) is 10.0 Å². The molecular weight excluding hydrogens is 264 g/mol. The van der Waals surface area contributed by atoms with Crippen molar-refractivity contribution in [1.82, 2.24) is 0 Å². The summed E-state index contributed by atoms with van der Waals surface area (Å²) in [5, 5.41) is -1.01. The van der Waals surface area contributed by atoms with Gasteiger partial charge in [0.2, 0.25) is 0 Å². The summed E-state index contributed by atoms with van der Waals surface area (Å²) in [4.78, 5) is -1.13. The van der Waals surface area contributed by atoms with Crippen LogP contribution >= 0.6 is 46.4 Å². The van der Waals surface area contributed by atoms with Crippen molar-refractivity contribution in [1.29, 1.82) is 0 Å². The minimum Gasteiger partial charge on any atom is -0.205 e. The topological polar surface area (TPSA) is 0 Å². The van der Waals surface area contributed by atoms with Gasteiger partial charge in [0.1, 0.15) is 9.86 Å². The van der Waals surface area contributed by atoms with E-state index >= 15 is 0 Å². The number of alkyl halides is 2. The van der Waals surface area contributed by atoms with Gasteiger partial charge in [-0.3, -0.25) is 0 Å². The molecule has 0 spiro atoms. The summed E-state index contributed by atoms with van der Waals surface area (Å²) < 4.78 is 25.9. The smallest absolute Gasteiger partial charge is 0.163 e. The molecule has 0 bridgehead atoms. The van der Waals surface area contributed by atoms with Crippen LogP contribution in [-0.4, -0.2) is 0 Å². The highest BCUT2D eigenvalue weighted by Crippen LogP contribution is 2.35. The Balaban J connectivity index is 3.41. The van der Waals surface area contributed by atoms with Gasteiger partial charge >= 0.3 is 0 Å². The highest BCUT2D eigenvalue weighted by Gasteiger charge is 2.19. The van der Waals surface area contributed by atoms with Crippen molar-refractivity contribution in [3.8, 4) is 0 Å². The van der Waals surface area contributed by atoms with Gasteiger partial charge in [0, 0.05) is 5.56 Å². The van der Waals surface area contributed by atoms with E-state index in [4.69, 9.17) is 46.4 Å². The molecular formula is C7H2Cl4F2. The summed E-state index contributed by atoms with van der Waals surface area (Å²) in [6.07, 6.45) is 0. The van der Waals surface area contributed by atoms with Crippen molar-refractivity contribution in [3.05, 3.63) is 33.3 Å². The largest absolute Gasteiger partial charge is 0.205 e. The Kier molecular flexibility index (Phi) is 3.64. The van der Waals surface area contributed by atoms with Gasteiger partial charge in [-0.1, -0.05) is 46.4 Å². The Bertz CT molecular complexity index is 338. The van der Waals surface area contributed by atoms with Crippen LogP contribution in [0.15, 0.2) is 6.07 Å². The Morgan fingerprint density at radius 1 is 1.08 bits per heavy atom. The molecule has 0 aliphatic rings. The molecule has 0 saturated carbocycles. The maximum absolute atomic E-state index is 13.1. The first-order valence-electron chi connectivity index (χ1n) is 3.06. The predicted octanol–water partition coefficient (Wildman–Crippen LogP) is 4.75. The molecule has 0 aromatic heterocycles. The fourth-order valence-corrected chi connectivity index (χ4v) is 1.54. The summed E-state index contributed by atoms with van der Waals surface area (Å²) >= 11 is 21.5. The van der Waals surface area contributed by atoms with Gasteiger partial charge in [-0.15, -0.1) is 0 Å². The quantitative estimate of drug-likeness (QED) is 0.391. The standard InChI is InChI=1S/C7H2Cl4F2/c8-3-1-2(7(10)11)5(12)4(9)6(3)13/h1,7H. The van der Waals surface area contributed by atoms with Gasteiger partial charge in [-0.25, -0.2) is 8.78 Å². The lowest BCUT2D eigenvalue weighted by Gasteiger charge is -2.06. The average Bonchev–Trinajstić information content (AvgIpc) is 2.07. The van der Waals surface area contributed by atoms with Crippen LogP contribution in [0, 0.1) is 11.6 Å². The Hall–Kier alpha value is 0.240. The molecule has 0 heterocycles. The van der Waals surface area contributed by atoms with Crippen LogP contribution in [0.5, 0.6) is 0 Å². The summed E-state index contributed by atoms with van der Waals surface area (Å²) in [6.45, 7) is 0. The zero-order chi connectivity index (χ0) is 10.2. The van der Waals surface area contributed by atoms with E-state index in [2.05, 4.69) is 0 Å². The molecule has 0 atom stereocenters. The van der Waals surface area contributed by atoms with Gasteiger partial charge in [-0.2, -0.15) is 0 Å². The van der Waals surface area contributed by atoms with E-state index < -0.39 is 21.5 Å². The second kappa shape index (κ2) is 4.18. The third-order valence-electron chi connectivity index (χ3n) is 1.37. The van der Waals surface area contributed by atoms with Crippen molar-refractivity contribution in [3.63, 3.8) is 0 Å². The second-order valence-electron chi connectivity index (χ2n) is 2.19. The molecule has 0 aliphatic heterocycles. The van der Waals surface area contributed by atoms with Crippen LogP contribution in [0.1, 0.15) is 10.4 Å². The zero-order valence-corrected chi connectivity index (χ0v) is 8.95. The molecule has 0 amide bonds. The van der Waals surface area contributed by atoms with E-state index in [0.717, 1.165) is 6.07 Å². The number of benzene rings is 1. The molecule has 13 heavy (non-hydrogen) atoms. The van der Waals surface area contributed by atoms with Crippen molar-refractivity contribution in [2.45, 2.75) is 4.84 Å². The maximum Gasteiger partial charge on any atom is 0.163 e. The molecule has 0 nitrogen and oxygen atoms in total. The lowest BCUT2D eigenvalue weighted by atomic mass is 10.2. The number of rotatable bonds is 1. The normalized spacial score (nSPS) is 11.0. The SMILES string of the molecule is Fc1c(Cl)cc(C(Cl)Cl)c(F)c1Cl. The zero-order valence-electron chi connectivity index (χ0n) is 5.92. The van der Waals surface area contributed by atoms with Gasteiger partial charge in [0.25, 0.3) is 0 Å².